The molecule has 4 rings (SSSR count). The molecule has 2 aromatic carbocycles. The first-order valence-corrected chi connectivity index (χ1v) is 8.60. The third-order valence-electron chi connectivity index (χ3n) is 4.91. The maximum atomic E-state index is 5.40. The Hall–Kier alpha value is -2.66. The van der Waals surface area contributed by atoms with Crippen molar-refractivity contribution >= 4 is 0 Å². The van der Waals surface area contributed by atoms with Crippen molar-refractivity contribution in [2.45, 2.75) is 25.6 Å². The van der Waals surface area contributed by atoms with Gasteiger partial charge in [0, 0.05) is 19.1 Å². The lowest BCUT2D eigenvalue weighted by Crippen LogP contribution is -2.36. The number of ether oxygens (including phenoxy) is 1. The average Bonchev–Trinajstić information content (AvgIpc) is 3.19. The second kappa shape index (κ2) is 7.07. The molecule has 128 valence electrons. The fourth-order valence-corrected chi connectivity index (χ4v) is 3.56. The van der Waals surface area contributed by atoms with Gasteiger partial charge in [0.05, 0.1) is 13.7 Å². The molecule has 1 aromatic heterocycles. The summed E-state index contributed by atoms with van der Waals surface area (Å²) in [6.45, 7) is 2.68. The van der Waals surface area contributed by atoms with Crippen LogP contribution in [0.5, 0.6) is 5.75 Å². The molecule has 0 amide bonds. The highest BCUT2D eigenvalue weighted by Gasteiger charge is 2.27. The van der Waals surface area contributed by atoms with Crippen LogP contribution < -0.4 is 4.74 Å². The number of hydrogen-bond acceptors (Lipinski definition) is 4. The molecule has 1 atom stereocenters. The molecule has 3 aromatic rings. The highest BCUT2D eigenvalue weighted by Crippen LogP contribution is 2.34. The Morgan fingerprint density at radius 1 is 1.08 bits per heavy atom. The Morgan fingerprint density at radius 2 is 1.96 bits per heavy atom. The summed E-state index contributed by atoms with van der Waals surface area (Å²) in [5.41, 5.74) is 4.12. The van der Waals surface area contributed by atoms with Gasteiger partial charge >= 0.3 is 0 Å². The van der Waals surface area contributed by atoms with Crippen LogP contribution in [0, 0.1) is 0 Å². The number of methoxy groups -OCH3 is 1. The highest BCUT2D eigenvalue weighted by atomic mass is 16.5. The van der Waals surface area contributed by atoms with E-state index in [1.165, 1.54) is 16.7 Å². The predicted octanol–water partition coefficient (Wildman–Crippen LogP) is 3.09. The van der Waals surface area contributed by atoms with E-state index in [4.69, 9.17) is 4.74 Å². The largest absolute Gasteiger partial charge is 0.497 e. The maximum Gasteiger partial charge on any atom is 0.137 e. The zero-order valence-electron chi connectivity index (χ0n) is 14.4. The average molecular weight is 334 g/mol. The van der Waals surface area contributed by atoms with Gasteiger partial charge in [0.2, 0.25) is 0 Å². The van der Waals surface area contributed by atoms with Crippen molar-refractivity contribution in [3.05, 3.63) is 77.9 Å². The van der Waals surface area contributed by atoms with Gasteiger partial charge in [-0.2, -0.15) is 5.10 Å². The molecule has 5 nitrogen and oxygen atoms in total. The molecular formula is C20H22N4O. The molecule has 0 spiro atoms. The fraction of sp³-hybridized carbons (Fsp3) is 0.300. The van der Waals surface area contributed by atoms with Gasteiger partial charge in [-0.05, 0) is 35.2 Å². The van der Waals surface area contributed by atoms with Crippen molar-refractivity contribution in [3.8, 4) is 5.75 Å². The Balaban J connectivity index is 1.61. The molecule has 0 N–H and O–H groups in total. The minimum Gasteiger partial charge on any atom is -0.497 e. The normalized spacial score (nSPS) is 17.2. The van der Waals surface area contributed by atoms with Gasteiger partial charge in [-0.1, -0.05) is 36.4 Å². The summed E-state index contributed by atoms with van der Waals surface area (Å²) in [6.07, 6.45) is 4.38. The SMILES string of the molecule is COc1ccc2c(c1)CN(CCn1cncn1)[C@H](c1ccccc1)C2. The second-order valence-corrected chi connectivity index (χ2v) is 6.39. The van der Waals surface area contributed by atoms with Crippen LogP contribution in [-0.2, 0) is 19.5 Å². The first-order valence-electron chi connectivity index (χ1n) is 8.60. The van der Waals surface area contributed by atoms with E-state index in [0.29, 0.717) is 6.04 Å². The molecule has 25 heavy (non-hydrogen) atoms. The van der Waals surface area contributed by atoms with E-state index >= 15 is 0 Å². The molecule has 0 saturated heterocycles. The van der Waals surface area contributed by atoms with E-state index in [0.717, 1.165) is 31.8 Å². The minimum atomic E-state index is 0.380. The van der Waals surface area contributed by atoms with Gasteiger partial charge in [0.15, 0.2) is 0 Å². The zero-order valence-corrected chi connectivity index (χ0v) is 14.4. The van der Waals surface area contributed by atoms with Crippen molar-refractivity contribution in [1.29, 1.82) is 0 Å². The number of rotatable bonds is 5. The summed E-state index contributed by atoms with van der Waals surface area (Å²) in [5.74, 6) is 0.924. The quantitative estimate of drug-likeness (QED) is 0.719. The van der Waals surface area contributed by atoms with Crippen molar-refractivity contribution in [3.63, 3.8) is 0 Å². The predicted molar refractivity (Wildman–Crippen MR) is 96.3 cm³/mol. The summed E-state index contributed by atoms with van der Waals surface area (Å²) in [6, 6.07) is 17.6. The van der Waals surface area contributed by atoms with Crippen LogP contribution >= 0.6 is 0 Å². The first kappa shape index (κ1) is 15.8. The Labute approximate surface area is 147 Å². The number of fused-ring (bicyclic) bond motifs is 1. The van der Waals surface area contributed by atoms with Crippen LogP contribution in [0.4, 0.5) is 0 Å². The lowest BCUT2D eigenvalue weighted by Gasteiger charge is -2.37. The van der Waals surface area contributed by atoms with E-state index in [2.05, 4.69) is 63.5 Å². The minimum absolute atomic E-state index is 0.380. The third-order valence-corrected chi connectivity index (χ3v) is 4.91. The number of nitrogens with zero attached hydrogens (tertiary/aromatic N) is 4. The molecule has 1 aliphatic heterocycles. The first-order chi connectivity index (χ1) is 12.3. The maximum absolute atomic E-state index is 5.40. The van der Waals surface area contributed by atoms with Crippen LogP contribution in [0.25, 0.3) is 0 Å². The van der Waals surface area contributed by atoms with E-state index in [-0.39, 0.29) is 0 Å². The van der Waals surface area contributed by atoms with Gasteiger partial charge < -0.3 is 4.74 Å². The molecule has 2 heterocycles. The lowest BCUT2D eigenvalue weighted by molar-refractivity contribution is 0.163. The van der Waals surface area contributed by atoms with E-state index in [1.807, 2.05) is 4.68 Å². The van der Waals surface area contributed by atoms with Crippen LogP contribution in [0.2, 0.25) is 0 Å². The lowest BCUT2D eigenvalue weighted by atomic mass is 9.89. The molecule has 5 heteroatoms. The Morgan fingerprint density at radius 3 is 2.72 bits per heavy atom. The third kappa shape index (κ3) is 3.42. The van der Waals surface area contributed by atoms with Crippen LogP contribution in [0.3, 0.4) is 0 Å². The molecule has 0 fully saturated rings. The Kier molecular flexibility index (Phi) is 4.48. The van der Waals surface area contributed by atoms with Crippen molar-refractivity contribution in [1.82, 2.24) is 19.7 Å². The standard InChI is InChI=1S/C20H22N4O/c1-25-19-8-7-17-12-20(16-5-3-2-4-6-16)23(13-18(17)11-19)9-10-24-15-21-14-22-24/h2-8,11,14-15,20H,9-10,12-13H2,1H3/t20-/m0/s1. The number of benzene rings is 2. The second-order valence-electron chi connectivity index (χ2n) is 6.39. The summed E-state index contributed by atoms with van der Waals surface area (Å²) in [4.78, 5) is 6.57. The van der Waals surface area contributed by atoms with Crippen molar-refractivity contribution in [2.24, 2.45) is 0 Å². The van der Waals surface area contributed by atoms with Crippen molar-refractivity contribution < 1.29 is 4.74 Å². The Bertz CT molecular complexity index is 817. The molecule has 0 bridgehead atoms. The summed E-state index contributed by atoms with van der Waals surface area (Å²) >= 11 is 0. The molecular weight excluding hydrogens is 312 g/mol. The topological polar surface area (TPSA) is 43.2 Å². The van der Waals surface area contributed by atoms with Gasteiger partial charge in [-0.25, -0.2) is 4.98 Å². The van der Waals surface area contributed by atoms with Gasteiger partial charge in [0.1, 0.15) is 18.4 Å². The monoisotopic (exact) mass is 334 g/mol. The summed E-state index contributed by atoms with van der Waals surface area (Å²) in [5, 5.41) is 4.23. The molecule has 0 unspecified atom stereocenters. The van der Waals surface area contributed by atoms with Gasteiger partial charge in [-0.3, -0.25) is 9.58 Å². The molecule has 0 saturated carbocycles. The summed E-state index contributed by atoms with van der Waals surface area (Å²) in [7, 11) is 1.72. The van der Waals surface area contributed by atoms with Crippen molar-refractivity contribution in [2.75, 3.05) is 13.7 Å². The molecule has 0 radical (unpaired) electrons. The number of hydrogen-bond donors (Lipinski definition) is 0. The van der Waals surface area contributed by atoms with Crippen LogP contribution in [-0.4, -0.2) is 33.3 Å². The van der Waals surface area contributed by atoms with E-state index < -0.39 is 0 Å². The van der Waals surface area contributed by atoms with Gasteiger partial charge in [0.25, 0.3) is 0 Å². The van der Waals surface area contributed by atoms with E-state index in [9.17, 15) is 0 Å². The van der Waals surface area contributed by atoms with Gasteiger partial charge in [-0.15, -0.1) is 0 Å². The fourth-order valence-electron chi connectivity index (χ4n) is 3.56. The molecule has 1 aliphatic rings. The summed E-state index contributed by atoms with van der Waals surface area (Å²) < 4.78 is 7.30. The zero-order chi connectivity index (χ0) is 17.1. The molecule has 0 aliphatic carbocycles. The smallest absolute Gasteiger partial charge is 0.137 e. The van der Waals surface area contributed by atoms with Crippen LogP contribution in [0.15, 0.2) is 61.2 Å². The number of aromatic nitrogens is 3. The van der Waals surface area contributed by atoms with E-state index in [1.54, 1.807) is 19.8 Å². The highest BCUT2D eigenvalue weighted by molar-refractivity contribution is 5.39. The van der Waals surface area contributed by atoms with Crippen LogP contribution in [0.1, 0.15) is 22.7 Å².